The molecule has 0 bridgehead atoms. The van der Waals surface area contributed by atoms with Gasteiger partial charge in [-0.2, -0.15) is 0 Å². The second kappa shape index (κ2) is 5.71. The normalized spacial score (nSPS) is 17.4. The van der Waals surface area contributed by atoms with Gasteiger partial charge in [-0.15, -0.1) is 0 Å². The lowest BCUT2D eigenvalue weighted by molar-refractivity contribution is -0.145. The van der Waals surface area contributed by atoms with E-state index in [9.17, 15) is 14.7 Å². The van der Waals surface area contributed by atoms with Crippen molar-refractivity contribution in [3.05, 3.63) is 28.8 Å². The number of aliphatic carboxylic acids is 1. The number of carboxylic acid groups (broad SMARTS) is 1. The van der Waals surface area contributed by atoms with Crippen LogP contribution in [0.2, 0.25) is 5.02 Å². The summed E-state index contributed by atoms with van der Waals surface area (Å²) < 4.78 is 0. The number of hydrogen-bond donors (Lipinski definition) is 3. The van der Waals surface area contributed by atoms with Crippen molar-refractivity contribution in [1.29, 1.82) is 0 Å². The van der Waals surface area contributed by atoms with Crippen LogP contribution >= 0.6 is 11.6 Å². The van der Waals surface area contributed by atoms with Crippen molar-refractivity contribution in [3.8, 4) is 0 Å². The second-order valence-electron chi connectivity index (χ2n) is 5.18. The molecule has 1 aliphatic carbocycles. The Kier molecular flexibility index (Phi) is 4.18. The number of anilines is 1. The summed E-state index contributed by atoms with van der Waals surface area (Å²) in [5, 5.41) is 12.4. The monoisotopic (exact) mass is 296 g/mol. The minimum Gasteiger partial charge on any atom is -0.480 e. The molecule has 4 N–H and O–H groups in total. The molecule has 2 rings (SSSR count). The van der Waals surface area contributed by atoms with E-state index in [4.69, 9.17) is 17.3 Å². The number of carbonyl (C=O) groups excluding carboxylic acids is 1. The molecule has 0 unspecified atom stereocenters. The molecule has 0 spiro atoms. The van der Waals surface area contributed by atoms with Gasteiger partial charge in [0.25, 0.3) is 5.91 Å². The average Bonchev–Trinajstić information content (AvgIpc) is 2.38. The first-order valence-corrected chi connectivity index (χ1v) is 6.93. The van der Waals surface area contributed by atoms with E-state index in [0.717, 1.165) is 19.3 Å². The first kappa shape index (κ1) is 14.7. The van der Waals surface area contributed by atoms with E-state index >= 15 is 0 Å². The molecule has 1 amide bonds. The summed E-state index contributed by atoms with van der Waals surface area (Å²) in [7, 11) is 0. The van der Waals surface area contributed by atoms with E-state index in [-0.39, 0.29) is 5.56 Å². The summed E-state index contributed by atoms with van der Waals surface area (Å²) in [5.74, 6) is -1.44. The predicted octanol–water partition coefficient (Wildman–Crippen LogP) is 2.44. The summed E-state index contributed by atoms with van der Waals surface area (Å²) in [6.45, 7) is 0. The zero-order chi connectivity index (χ0) is 14.8. The third-order valence-corrected chi connectivity index (χ3v) is 3.87. The third-order valence-electron chi connectivity index (χ3n) is 3.65. The maximum Gasteiger partial charge on any atom is 0.329 e. The fraction of sp³-hybridized carbons (Fsp3) is 0.429. The van der Waals surface area contributed by atoms with Gasteiger partial charge in [0.1, 0.15) is 5.54 Å². The third kappa shape index (κ3) is 3.04. The van der Waals surface area contributed by atoms with Crippen LogP contribution in [-0.4, -0.2) is 22.5 Å². The van der Waals surface area contributed by atoms with E-state index < -0.39 is 17.4 Å². The van der Waals surface area contributed by atoms with E-state index in [1.165, 1.54) is 18.2 Å². The Morgan fingerprint density at radius 2 is 1.85 bits per heavy atom. The number of nitrogen functional groups attached to an aromatic ring is 1. The number of hydrogen-bond acceptors (Lipinski definition) is 3. The van der Waals surface area contributed by atoms with Crippen molar-refractivity contribution < 1.29 is 14.7 Å². The molecule has 0 radical (unpaired) electrons. The summed E-state index contributed by atoms with van der Waals surface area (Å²) in [5.41, 5.74) is 5.12. The standard InChI is InChI=1S/C14H17ClN2O3/c15-10-6-9(7-11(16)8-10)12(18)17-14(13(19)20)4-2-1-3-5-14/h6-8H,1-5,16H2,(H,17,18)(H,19,20). The summed E-state index contributed by atoms with van der Waals surface area (Å²) in [4.78, 5) is 23.7. The lowest BCUT2D eigenvalue weighted by atomic mass is 9.81. The van der Waals surface area contributed by atoms with E-state index in [2.05, 4.69) is 5.32 Å². The van der Waals surface area contributed by atoms with Crippen LogP contribution in [-0.2, 0) is 4.79 Å². The molecule has 1 fully saturated rings. The topological polar surface area (TPSA) is 92.4 Å². The van der Waals surface area contributed by atoms with Crippen molar-refractivity contribution in [2.75, 3.05) is 5.73 Å². The quantitative estimate of drug-likeness (QED) is 0.747. The minimum atomic E-state index is -1.17. The Hall–Kier alpha value is -1.75. The molecule has 1 saturated carbocycles. The van der Waals surface area contributed by atoms with Crippen LogP contribution in [0.25, 0.3) is 0 Å². The molecule has 0 aromatic heterocycles. The summed E-state index contributed by atoms with van der Waals surface area (Å²) >= 11 is 5.86. The Morgan fingerprint density at radius 1 is 1.20 bits per heavy atom. The highest BCUT2D eigenvalue weighted by molar-refractivity contribution is 6.31. The molecule has 0 saturated heterocycles. The van der Waals surface area contributed by atoms with Gasteiger partial charge in [-0.3, -0.25) is 4.79 Å². The lowest BCUT2D eigenvalue weighted by Gasteiger charge is -2.34. The van der Waals surface area contributed by atoms with Gasteiger partial charge >= 0.3 is 5.97 Å². The second-order valence-corrected chi connectivity index (χ2v) is 5.61. The lowest BCUT2D eigenvalue weighted by Crippen LogP contribution is -2.55. The van der Waals surface area contributed by atoms with Crippen LogP contribution in [0.5, 0.6) is 0 Å². The van der Waals surface area contributed by atoms with Crippen molar-refractivity contribution >= 4 is 29.2 Å². The van der Waals surface area contributed by atoms with Crippen LogP contribution in [0.3, 0.4) is 0 Å². The van der Waals surface area contributed by atoms with Gasteiger partial charge in [-0.25, -0.2) is 4.79 Å². The number of carbonyl (C=O) groups is 2. The largest absolute Gasteiger partial charge is 0.480 e. The highest BCUT2D eigenvalue weighted by Gasteiger charge is 2.41. The minimum absolute atomic E-state index is 0.279. The smallest absolute Gasteiger partial charge is 0.329 e. The fourth-order valence-electron chi connectivity index (χ4n) is 2.58. The van der Waals surface area contributed by atoms with Gasteiger partial charge < -0.3 is 16.2 Å². The number of amides is 1. The molecule has 108 valence electrons. The van der Waals surface area contributed by atoms with Crippen LogP contribution in [0.1, 0.15) is 42.5 Å². The number of halogens is 1. The molecular weight excluding hydrogens is 280 g/mol. The van der Waals surface area contributed by atoms with Crippen molar-refractivity contribution in [3.63, 3.8) is 0 Å². The maximum atomic E-state index is 12.2. The maximum absolute atomic E-state index is 12.2. The van der Waals surface area contributed by atoms with Gasteiger partial charge in [0.05, 0.1) is 0 Å². The molecule has 1 aliphatic rings. The number of benzene rings is 1. The Bertz CT molecular complexity index is 519. The molecule has 0 atom stereocenters. The van der Waals surface area contributed by atoms with Gasteiger partial charge in [-0.1, -0.05) is 30.9 Å². The van der Waals surface area contributed by atoms with Crippen LogP contribution in [0.4, 0.5) is 5.69 Å². The van der Waals surface area contributed by atoms with E-state index in [1.807, 2.05) is 0 Å². The fourth-order valence-corrected chi connectivity index (χ4v) is 2.82. The number of nitrogens with two attached hydrogens (primary N) is 1. The molecule has 0 aliphatic heterocycles. The van der Waals surface area contributed by atoms with E-state index in [0.29, 0.717) is 23.6 Å². The number of nitrogens with one attached hydrogen (secondary N) is 1. The molecule has 1 aromatic rings. The molecule has 6 heteroatoms. The Labute approximate surface area is 122 Å². The van der Waals surface area contributed by atoms with Crippen LogP contribution in [0, 0.1) is 0 Å². The highest BCUT2D eigenvalue weighted by Crippen LogP contribution is 2.29. The van der Waals surface area contributed by atoms with Gasteiger partial charge in [0.15, 0.2) is 0 Å². The predicted molar refractivity (Wildman–Crippen MR) is 76.8 cm³/mol. The Morgan fingerprint density at radius 3 is 2.40 bits per heavy atom. The van der Waals surface area contributed by atoms with Crippen LogP contribution in [0.15, 0.2) is 18.2 Å². The SMILES string of the molecule is Nc1cc(Cl)cc(C(=O)NC2(C(=O)O)CCCCC2)c1. The Balaban J connectivity index is 2.22. The van der Waals surface area contributed by atoms with Crippen LogP contribution < -0.4 is 11.1 Å². The van der Waals surface area contributed by atoms with Crippen molar-refractivity contribution in [2.24, 2.45) is 0 Å². The van der Waals surface area contributed by atoms with Gasteiger partial charge in [0, 0.05) is 16.3 Å². The summed E-state index contributed by atoms with van der Waals surface area (Å²) in [6.07, 6.45) is 3.48. The van der Waals surface area contributed by atoms with Crippen molar-refractivity contribution in [2.45, 2.75) is 37.6 Å². The van der Waals surface area contributed by atoms with E-state index in [1.54, 1.807) is 0 Å². The molecule has 1 aromatic carbocycles. The zero-order valence-electron chi connectivity index (χ0n) is 11.0. The van der Waals surface area contributed by atoms with Crippen molar-refractivity contribution in [1.82, 2.24) is 5.32 Å². The average molecular weight is 297 g/mol. The van der Waals surface area contributed by atoms with Gasteiger partial charge in [-0.05, 0) is 31.0 Å². The molecule has 5 nitrogen and oxygen atoms in total. The molecule has 20 heavy (non-hydrogen) atoms. The number of carboxylic acids is 1. The molecule has 0 heterocycles. The first-order valence-electron chi connectivity index (χ1n) is 6.55. The first-order chi connectivity index (χ1) is 9.43. The molecular formula is C14H17ClN2O3. The highest BCUT2D eigenvalue weighted by atomic mass is 35.5. The van der Waals surface area contributed by atoms with Gasteiger partial charge in [0.2, 0.25) is 0 Å². The summed E-state index contributed by atoms with van der Waals surface area (Å²) in [6, 6.07) is 4.50. The zero-order valence-corrected chi connectivity index (χ0v) is 11.7. The number of rotatable bonds is 3.